The molecular formula is C21H22ClNO5S. The fourth-order valence-corrected chi connectivity index (χ4v) is 4.76. The summed E-state index contributed by atoms with van der Waals surface area (Å²) in [6.45, 7) is 1.02. The van der Waals surface area contributed by atoms with E-state index in [1.165, 1.54) is 24.3 Å². The molecule has 1 aliphatic heterocycles. The van der Waals surface area contributed by atoms with Crippen molar-refractivity contribution >= 4 is 27.3 Å². The van der Waals surface area contributed by atoms with Crippen molar-refractivity contribution < 1.29 is 22.7 Å². The van der Waals surface area contributed by atoms with E-state index >= 15 is 0 Å². The molecule has 8 heteroatoms. The highest BCUT2D eigenvalue weighted by Gasteiger charge is 2.34. The molecule has 2 aromatic rings. The second kappa shape index (κ2) is 8.24. The van der Waals surface area contributed by atoms with E-state index in [2.05, 4.69) is 5.32 Å². The maximum absolute atomic E-state index is 12.5. The minimum Gasteiger partial charge on any atom is -0.486 e. The monoisotopic (exact) mass is 435 g/mol. The minimum atomic E-state index is -3.55. The van der Waals surface area contributed by atoms with Crippen LogP contribution in [0.1, 0.15) is 30.9 Å². The lowest BCUT2D eigenvalue weighted by atomic mass is 10.0. The number of fused-ring (bicyclic) bond motifs is 1. The summed E-state index contributed by atoms with van der Waals surface area (Å²) in [6, 6.07) is 11.5. The molecule has 1 N–H and O–H groups in total. The maximum Gasteiger partial charge on any atom is 0.221 e. The SMILES string of the molecule is O=C(CCS(=O)(=O)c1ccc(Cl)cc1)NC(c1ccc2c(c1)OCCO2)C1CC1. The van der Waals surface area contributed by atoms with Gasteiger partial charge in [-0.1, -0.05) is 17.7 Å². The third-order valence-electron chi connectivity index (χ3n) is 5.11. The van der Waals surface area contributed by atoms with Crippen LogP contribution in [0.15, 0.2) is 47.4 Å². The van der Waals surface area contributed by atoms with Gasteiger partial charge in [-0.25, -0.2) is 8.42 Å². The van der Waals surface area contributed by atoms with E-state index in [4.69, 9.17) is 21.1 Å². The third-order valence-corrected chi connectivity index (χ3v) is 7.09. The minimum absolute atomic E-state index is 0.0985. The Morgan fingerprint density at radius 3 is 2.45 bits per heavy atom. The number of hydrogen-bond acceptors (Lipinski definition) is 5. The quantitative estimate of drug-likeness (QED) is 0.719. The van der Waals surface area contributed by atoms with Gasteiger partial charge >= 0.3 is 0 Å². The fraction of sp³-hybridized carbons (Fsp3) is 0.381. The van der Waals surface area contributed by atoms with Crippen LogP contribution in [0, 0.1) is 5.92 Å². The van der Waals surface area contributed by atoms with E-state index in [9.17, 15) is 13.2 Å². The van der Waals surface area contributed by atoms with E-state index in [0.29, 0.717) is 35.7 Å². The summed E-state index contributed by atoms with van der Waals surface area (Å²) in [6.07, 6.45) is 1.96. The second-order valence-corrected chi connectivity index (χ2v) is 9.85. The Bertz CT molecular complexity index is 1000. The number of sulfone groups is 1. The van der Waals surface area contributed by atoms with E-state index in [1.54, 1.807) is 0 Å². The first-order valence-corrected chi connectivity index (χ1v) is 11.6. The highest BCUT2D eigenvalue weighted by Crippen LogP contribution is 2.43. The van der Waals surface area contributed by atoms with Crippen LogP contribution in [0.5, 0.6) is 11.5 Å². The first kappa shape index (κ1) is 20.0. The van der Waals surface area contributed by atoms with Gasteiger partial charge in [0.1, 0.15) is 13.2 Å². The number of ether oxygens (including phenoxy) is 2. The number of carbonyl (C=O) groups excluding carboxylic acids is 1. The van der Waals surface area contributed by atoms with Gasteiger partial charge in [-0.2, -0.15) is 0 Å². The van der Waals surface area contributed by atoms with Crippen LogP contribution in [0.2, 0.25) is 5.02 Å². The molecule has 1 heterocycles. The molecule has 1 aliphatic carbocycles. The molecule has 2 aliphatic rings. The molecule has 0 aromatic heterocycles. The lowest BCUT2D eigenvalue weighted by Gasteiger charge is -2.23. The first-order chi connectivity index (χ1) is 13.9. The Balaban J connectivity index is 1.41. The molecular weight excluding hydrogens is 414 g/mol. The van der Waals surface area contributed by atoms with Gasteiger partial charge in [-0.05, 0) is 60.7 Å². The van der Waals surface area contributed by atoms with Crippen LogP contribution in [-0.4, -0.2) is 33.3 Å². The summed E-state index contributed by atoms with van der Waals surface area (Å²) in [5.41, 5.74) is 0.950. The average molecular weight is 436 g/mol. The second-order valence-electron chi connectivity index (χ2n) is 7.31. The highest BCUT2D eigenvalue weighted by molar-refractivity contribution is 7.91. The largest absolute Gasteiger partial charge is 0.486 e. The number of nitrogens with one attached hydrogen (secondary N) is 1. The zero-order valence-corrected chi connectivity index (χ0v) is 17.3. The number of halogens is 1. The molecule has 1 amide bonds. The third kappa shape index (κ3) is 4.85. The zero-order valence-electron chi connectivity index (χ0n) is 15.8. The van der Waals surface area contributed by atoms with Gasteiger partial charge in [0.25, 0.3) is 0 Å². The lowest BCUT2D eigenvalue weighted by molar-refractivity contribution is -0.121. The van der Waals surface area contributed by atoms with Gasteiger partial charge in [-0.3, -0.25) is 4.79 Å². The number of benzene rings is 2. The van der Waals surface area contributed by atoms with Gasteiger partial charge in [0.05, 0.1) is 16.7 Å². The van der Waals surface area contributed by atoms with Gasteiger partial charge in [0.2, 0.25) is 5.91 Å². The van der Waals surface area contributed by atoms with Crippen molar-refractivity contribution in [2.75, 3.05) is 19.0 Å². The Kier molecular flexibility index (Phi) is 5.69. The molecule has 0 saturated heterocycles. The number of carbonyl (C=O) groups is 1. The predicted molar refractivity (Wildman–Crippen MR) is 109 cm³/mol. The molecule has 0 bridgehead atoms. The first-order valence-electron chi connectivity index (χ1n) is 9.59. The van der Waals surface area contributed by atoms with Crippen LogP contribution in [0.4, 0.5) is 0 Å². The van der Waals surface area contributed by atoms with Gasteiger partial charge in [0, 0.05) is 11.4 Å². The topological polar surface area (TPSA) is 81.7 Å². The van der Waals surface area contributed by atoms with Crippen molar-refractivity contribution in [2.45, 2.75) is 30.2 Å². The predicted octanol–water partition coefficient (Wildman–Crippen LogP) is 3.54. The molecule has 0 radical (unpaired) electrons. The van der Waals surface area contributed by atoms with Crippen LogP contribution >= 0.6 is 11.6 Å². The molecule has 4 rings (SSSR count). The molecule has 1 fully saturated rings. The summed E-state index contributed by atoms with van der Waals surface area (Å²) in [5, 5.41) is 3.48. The normalized spacial score (nSPS) is 16.9. The number of hydrogen-bond donors (Lipinski definition) is 1. The van der Waals surface area contributed by atoms with E-state index in [-0.39, 0.29) is 29.0 Å². The van der Waals surface area contributed by atoms with Crippen molar-refractivity contribution in [1.29, 1.82) is 0 Å². The Morgan fingerprint density at radius 1 is 1.07 bits per heavy atom. The highest BCUT2D eigenvalue weighted by atomic mass is 35.5. The summed E-state index contributed by atoms with van der Waals surface area (Å²) >= 11 is 5.81. The maximum atomic E-state index is 12.5. The van der Waals surface area contributed by atoms with Crippen molar-refractivity contribution in [2.24, 2.45) is 5.92 Å². The molecule has 1 atom stereocenters. The summed E-state index contributed by atoms with van der Waals surface area (Å²) < 4.78 is 36.1. The van der Waals surface area contributed by atoms with E-state index in [0.717, 1.165) is 18.4 Å². The van der Waals surface area contributed by atoms with Crippen LogP contribution in [-0.2, 0) is 14.6 Å². The van der Waals surface area contributed by atoms with Crippen LogP contribution in [0.25, 0.3) is 0 Å². The summed E-state index contributed by atoms with van der Waals surface area (Å²) in [4.78, 5) is 12.7. The standard InChI is InChI=1S/C21H22ClNO5S/c22-16-4-6-17(7-5-16)29(25,26)12-9-20(24)23-21(14-1-2-14)15-3-8-18-19(13-15)28-11-10-27-18/h3-8,13-14,21H,1-2,9-12H2,(H,23,24). The summed E-state index contributed by atoms with van der Waals surface area (Å²) in [5.74, 6) is 1.21. The smallest absolute Gasteiger partial charge is 0.221 e. The number of rotatable bonds is 7. The van der Waals surface area contributed by atoms with Gasteiger partial charge in [0.15, 0.2) is 21.3 Å². The zero-order chi connectivity index (χ0) is 20.4. The van der Waals surface area contributed by atoms with Crippen molar-refractivity contribution in [1.82, 2.24) is 5.32 Å². The van der Waals surface area contributed by atoms with E-state index in [1.807, 2.05) is 18.2 Å². The molecule has 2 aromatic carbocycles. The molecule has 6 nitrogen and oxygen atoms in total. The number of amides is 1. The van der Waals surface area contributed by atoms with Gasteiger partial charge in [-0.15, -0.1) is 0 Å². The Hall–Kier alpha value is -2.25. The van der Waals surface area contributed by atoms with Crippen molar-refractivity contribution in [3.05, 3.63) is 53.1 Å². The average Bonchev–Trinajstić information content (AvgIpc) is 3.56. The Labute approximate surface area is 175 Å². The van der Waals surface area contributed by atoms with Crippen LogP contribution < -0.4 is 14.8 Å². The molecule has 1 saturated carbocycles. The lowest BCUT2D eigenvalue weighted by Crippen LogP contribution is -2.31. The van der Waals surface area contributed by atoms with E-state index < -0.39 is 9.84 Å². The molecule has 29 heavy (non-hydrogen) atoms. The van der Waals surface area contributed by atoms with Crippen molar-refractivity contribution in [3.8, 4) is 11.5 Å². The Morgan fingerprint density at radius 2 is 1.76 bits per heavy atom. The fourth-order valence-electron chi connectivity index (χ4n) is 3.39. The summed E-state index contributed by atoms with van der Waals surface area (Å²) in [7, 11) is -3.55. The molecule has 154 valence electrons. The molecule has 0 spiro atoms. The molecule has 1 unspecified atom stereocenters. The van der Waals surface area contributed by atoms with Gasteiger partial charge < -0.3 is 14.8 Å². The van der Waals surface area contributed by atoms with Crippen LogP contribution in [0.3, 0.4) is 0 Å². The van der Waals surface area contributed by atoms with Crippen molar-refractivity contribution in [3.63, 3.8) is 0 Å².